The number of methoxy groups -OCH3 is 1. The van der Waals surface area contributed by atoms with E-state index in [1.165, 1.54) is 6.21 Å². The van der Waals surface area contributed by atoms with Crippen molar-refractivity contribution in [2.45, 2.75) is 6.92 Å². The standard InChI is InChI=1S/C12H11BrN4O2S/c1-7-11(18)17(12(20)16-15-7)14-6-8-5-9(13)3-4-10(8)19-2/h3-6H,1-2H3,(H,16,20)/b14-6+. The van der Waals surface area contributed by atoms with Crippen LogP contribution in [0.5, 0.6) is 5.75 Å². The minimum atomic E-state index is -0.362. The van der Waals surface area contributed by atoms with Gasteiger partial charge in [0.2, 0.25) is 4.77 Å². The fourth-order valence-corrected chi connectivity index (χ4v) is 2.06. The van der Waals surface area contributed by atoms with Crippen LogP contribution in [0.1, 0.15) is 11.3 Å². The van der Waals surface area contributed by atoms with Gasteiger partial charge in [-0.2, -0.15) is 14.9 Å². The summed E-state index contributed by atoms with van der Waals surface area (Å²) in [7, 11) is 1.57. The predicted octanol–water partition coefficient (Wildman–Crippen LogP) is 2.26. The number of hydrogen-bond donors (Lipinski definition) is 1. The molecule has 0 amide bonds. The van der Waals surface area contributed by atoms with Crippen LogP contribution < -0.4 is 10.3 Å². The van der Waals surface area contributed by atoms with Crippen molar-refractivity contribution in [3.8, 4) is 5.75 Å². The van der Waals surface area contributed by atoms with Gasteiger partial charge in [-0.25, -0.2) is 0 Å². The zero-order valence-electron chi connectivity index (χ0n) is 10.8. The first-order valence-corrected chi connectivity index (χ1v) is 6.79. The van der Waals surface area contributed by atoms with Crippen LogP contribution in [0, 0.1) is 11.7 Å². The summed E-state index contributed by atoms with van der Waals surface area (Å²) in [4.78, 5) is 11.9. The molecule has 2 rings (SSSR count). The summed E-state index contributed by atoms with van der Waals surface area (Å²) < 4.78 is 7.32. The molecule has 0 aliphatic carbocycles. The van der Waals surface area contributed by atoms with E-state index in [-0.39, 0.29) is 16.0 Å². The Morgan fingerprint density at radius 1 is 1.55 bits per heavy atom. The number of nitrogens with zero attached hydrogens (tertiary/aromatic N) is 3. The van der Waals surface area contributed by atoms with Gasteiger partial charge in [0.15, 0.2) is 0 Å². The Hall–Kier alpha value is -1.80. The fourth-order valence-electron chi connectivity index (χ4n) is 1.50. The lowest BCUT2D eigenvalue weighted by Gasteiger charge is -2.05. The number of nitrogens with one attached hydrogen (secondary N) is 1. The summed E-state index contributed by atoms with van der Waals surface area (Å²) in [5.41, 5.74) is 0.647. The Balaban J connectivity index is 2.50. The number of H-pyrrole nitrogens is 1. The van der Waals surface area contributed by atoms with Crippen molar-refractivity contribution in [2.24, 2.45) is 5.10 Å². The summed E-state index contributed by atoms with van der Waals surface area (Å²) in [6.45, 7) is 1.58. The zero-order valence-corrected chi connectivity index (χ0v) is 13.2. The highest BCUT2D eigenvalue weighted by Crippen LogP contribution is 2.21. The lowest BCUT2D eigenvalue weighted by Crippen LogP contribution is -2.22. The zero-order chi connectivity index (χ0) is 14.7. The second kappa shape index (κ2) is 6.10. The van der Waals surface area contributed by atoms with Gasteiger partial charge < -0.3 is 4.74 Å². The van der Waals surface area contributed by atoms with E-state index in [0.29, 0.717) is 5.75 Å². The molecular weight excluding hydrogens is 344 g/mol. The Morgan fingerprint density at radius 2 is 2.30 bits per heavy atom. The first-order valence-electron chi connectivity index (χ1n) is 5.59. The molecule has 0 fully saturated rings. The van der Waals surface area contributed by atoms with Crippen LogP contribution in [0.4, 0.5) is 0 Å². The number of ether oxygens (including phenoxy) is 1. The van der Waals surface area contributed by atoms with E-state index in [1.807, 2.05) is 12.1 Å². The van der Waals surface area contributed by atoms with Crippen molar-refractivity contribution in [2.75, 3.05) is 7.11 Å². The third-order valence-corrected chi connectivity index (χ3v) is 3.28. The Morgan fingerprint density at radius 3 is 3.00 bits per heavy atom. The van der Waals surface area contributed by atoms with Crippen molar-refractivity contribution < 1.29 is 4.74 Å². The largest absolute Gasteiger partial charge is 0.496 e. The topological polar surface area (TPSA) is 72.3 Å². The maximum atomic E-state index is 11.9. The van der Waals surface area contributed by atoms with Crippen LogP contribution in [0.25, 0.3) is 0 Å². The van der Waals surface area contributed by atoms with Gasteiger partial charge in [-0.1, -0.05) is 15.9 Å². The van der Waals surface area contributed by atoms with E-state index in [2.05, 4.69) is 31.2 Å². The highest BCUT2D eigenvalue weighted by molar-refractivity contribution is 9.10. The van der Waals surface area contributed by atoms with Crippen LogP contribution in [-0.2, 0) is 0 Å². The van der Waals surface area contributed by atoms with E-state index in [9.17, 15) is 4.79 Å². The predicted molar refractivity (Wildman–Crippen MR) is 82.1 cm³/mol. The first-order chi connectivity index (χ1) is 9.52. The van der Waals surface area contributed by atoms with Gasteiger partial charge in [-0.15, -0.1) is 0 Å². The van der Waals surface area contributed by atoms with Crippen LogP contribution in [0.15, 0.2) is 32.6 Å². The molecule has 0 saturated carbocycles. The number of aryl methyl sites for hydroxylation is 1. The van der Waals surface area contributed by atoms with E-state index >= 15 is 0 Å². The third-order valence-electron chi connectivity index (χ3n) is 2.52. The Labute approximate surface area is 128 Å². The van der Waals surface area contributed by atoms with Gasteiger partial charge >= 0.3 is 0 Å². The summed E-state index contributed by atoms with van der Waals surface area (Å²) >= 11 is 8.36. The molecular formula is C12H11BrN4O2S. The second-order valence-corrected chi connectivity index (χ2v) is 5.16. The average Bonchev–Trinajstić information content (AvgIpc) is 2.43. The van der Waals surface area contributed by atoms with E-state index in [1.54, 1.807) is 20.1 Å². The van der Waals surface area contributed by atoms with Gasteiger partial charge in [-0.3, -0.25) is 9.89 Å². The van der Waals surface area contributed by atoms with Crippen molar-refractivity contribution in [1.82, 2.24) is 14.9 Å². The molecule has 8 heteroatoms. The van der Waals surface area contributed by atoms with E-state index < -0.39 is 0 Å². The van der Waals surface area contributed by atoms with Gasteiger partial charge in [0.05, 0.1) is 13.3 Å². The fraction of sp³-hybridized carbons (Fsp3) is 0.167. The maximum absolute atomic E-state index is 11.9. The number of halogens is 1. The molecule has 2 aromatic rings. The number of hydrogen-bond acceptors (Lipinski definition) is 5. The van der Waals surface area contributed by atoms with E-state index in [0.717, 1.165) is 14.7 Å². The van der Waals surface area contributed by atoms with Gasteiger partial charge in [0.25, 0.3) is 5.56 Å². The number of aromatic amines is 1. The molecule has 6 nitrogen and oxygen atoms in total. The lowest BCUT2D eigenvalue weighted by molar-refractivity contribution is 0.414. The molecule has 0 bridgehead atoms. The molecule has 0 aliphatic rings. The van der Waals surface area contributed by atoms with Crippen LogP contribution in [0.2, 0.25) is 0 Å². The summed E-state index contributed by atoms with van der Waals surface area (Å²) in [6.07, 6.45) is 1.51. The Bertz CT molecular complexity index is 782. The number of aromatic nitrogens is 3. The van der Waals surface area contributed by atoms with Gasteiger partial charge in [0, 0.05) is 10.0 Å². The molecule has 0 unspecified atom stereocenters. The van der Waals surface area contributed by atoms with Crippen LogP contribution in [-0.4, -0.2) is 28.2 Å². The van der Waals surface area contributed by atoms with Crippen LogP contribution >= 0.6 is 28.1 Å². The summed E-state index contributed by atoms with van der Waals surface area (Å²) in [5, 5.41) is 10.4. The molecule has 0 aliphatic heterocycles. The highest BCUT2D eigenvalue weighted by atomic mass is 79.9. The summed E-state index contributed by atoms with van der Waals surface area (Å²) in [5.74, 6) is 0.644. The number of benzene rings is 1. The maximum Gasteiger partial charge on any atom is 0.296 e. The highest BCUT2D eigenvalue weighted by Gasteiger charge is 2.03. The number of rotatable bonds is 3. The van der Waals surface area contributed by atoms with Crippen molar-refractivity contribution in [3.05, 3.63) is 49.1 Å². The SMILES string of the molecule is COc1ccc(Br)cc1/C=N/n1c(=S)[nH]nc(C)c1=O. The quantitative estimate of drug-likeness (QED) is 0.677. The molecule has 0 saturated heterocycles. The molecule has 20 heavy (non-hydrogen) atoms. The van der Waals surface area contributed by atoms with Gasteiger partial charge in [-0.05, 0) is 37.3 Å². The minimum Gasteiger partial charge on any atom is -0.496 e. The van der Waals surface area contributed by atoms with Crippen LogP contribution in [0.3, 0.4) is 0 Å². The molecule has 1 aromatic carbocycles. The second-order valence-electron chi connectivity index (χ2n) is 3.86. The normalized spacial score (nSPS) is 10.9. The third kappa shape index (κ3) is 3.02. The smallest absolute Gasteiger partial charge is 0.296 e. The molecule has 1 N–H and O–H groups in total. The average molecular weight is 355 g/mol. The molecule has 0 spiro atoms. The molecule has 104 valence electrons. The van der Waals surface area contributed by atoms with E-state index in [4.69, 9.17) is 17.0 Å². The van der Waals surface area contributed by atoms with Crippen molar-refractivity contribution >= 4 is 34.4 Å². The van der Waals surface area contributed by atoms with Crippen molar-refractivity contribution in [1.29, 1.82) is 0 Å². The lowest BCUT2D eigenvalue weighted by atomic mass is 10.2. The molecule has 0 atom stereocenters. The van der Waals surface area contributed by atoms with Gasteiger partial charge in [0.1, 0.15) is 11.4 Å². The minimum absolute atomic E-state index is 0.130. The Kier molecular flexibility index (Phi) is 4.46. The monoisotopic (exact) mass is 354 g/mol. The molecule has 0 radical (unpaired) electrons. The van der Waals surface area contributed by atoms with Crippen molar-refractivity contribution in [3.63, 3.8) is 0 Å². The first kappa shape index (κ1) is 14.6. The molecule has 1 aromatic heterocycles. The summed E-state index contributed by atoms with van der Waals surface area (Å²) in [6, 6.07) is 5.48. The molecule has 1 heterocycles.